The van der Waals surface area contributed by atoms with E-state index in [0.29, 0.717) is 12.6 Å². The number of rotatable bonds is 3. The fraction of sp³-hybridized carbons (Fsp3) is 0.400. The number of sulfonamides is 1. The molecule has 1 saturated carbocycles. The van der Waals surface area contributed by atoms with Gasteiger partial charge in [-0.1, -0.05) is 36.8 Å². The van der Waals surface area contributed by atoms with Crippen LogP contribution in [0.2, 0.25) is 0 Å². The molecule has 5 heteroatoms. The molecule has 0 saturated heterocycles. The fourth-order valence-electron chi connectivity index (χ4n) is 3.76. The molecule has 4 rings (SSSR count). The Hall–Kier alpha value is -1.85. The summed E-state index contributed by atoms with van der Waals surface area (Å²) in [5, 5.41) is 0. The van der Waals surface area contributed by atoms with Gasteiger partial charge in [-0.3, -0.25) is 0 Å². The first-order valence-electron chi connectivity index (χ1n) is 8.96. The van der Waals surface area contributed by atoms with Crippen molar-refractivity contribution in [1.82, 2.24) is 4.72 Å². The molecule has 0 unspecified atom stereocenters. The van der Waals surface area contributed by atoms with Crippen molar-refractivity contribution in [1.29, 1.82) is 0 Å². The summed E-state index contributed by atoms with van der Waals surface area (Å²) in [5.74, 6) is 0.938. The highest BCUT2D eigenvalue weighted by Crippen LogP contribution is 2.32. The monoisotopic (exact) mass is 357 g/mol. The van der Waals surface area contributed by atoms with Crippen LogP contribution >= 0.6 is 0 Å². The molecule has 0 spiro atoms. The van der Waals surface area contributed by atoms with Gasteiger partial charge >= 0.3 is 0 Å². The van der Waals surface area contributed by atoms with Crippen LogP contribution in [0.25, 0.3) is 11.1 Å². The van der Waals surface area contributed by atoms with Crippen LogP contribution in [-0.2, 0) is 22.3 Å². The molecule has 0 aromatic heterocycles. The Bertz CT molecular complexity index is 853. The lowest BCUT2D eigenvalue weighted by Crippen LogP contribution is -2.30. The second-order valence-corrected chi connectivity index (χ2v) is 8.73. The molecule has 0 atom stereocenters. The first-order valence-corrected chi connectivity index (χ1v) is 10.6. The molecule has 0 radical (unpaired) electrons. The van der Waals surface area contributed by atoms with Crippen molar-refractivity contribution in [2.75, 3.05) is 0 Å². The van der Waals surface area contributed by atoms with Gasteiger partial charge in [-0.25, -0.2) is 13.1 Å². The Morgan fingerprint density at radius 1 is 0.960 bits per heavy atom. The number of fused-ring (bicyclic) bond motifs is 1. The highest BCUT2D eigenvalue weighted by Gasteiger charge is 2.23. The van der Waals surface area contributed by atoms with Gasteiger partial charge in [-0.15, -0.1) is 0 Å². The maximum absolute atomic E-state index is 11.9. The van der Waals surface area contributed by atoms with Crippen LogP contribution in [0.4, 0.5) is 0 Å². The van der Waals surface area contributed by atoms with Gasteiger partial charge in [-0.05, 0) is 60.1 Å². The first-order chi connectivity index (χ1) is 12.1. The minimum absolute atomic E-state index is 0.0405. The molecule has 0 amide bonds. The van der Waals surface area contributed by atoms with E-state index in [1.165, 1.54) is 19.3 Å². The SMILES string of the molecule is O=S1(=O)Cc2c(cccc2-c2ccc(OC3CCCCC3)cc2)CN1. The van der Waals surface area contributed by atoms with E-state index in [4.69, 9.17) is 4.74 Å². The van der Waals surface area contributed by atoms with Crippen molar-refractivity contribution in [3.63, 3.8) is 0 Å². The summed E-state index contributed by atoms with van der Waals surface area (Å²) in [6.45, 7) is 0.369. The van der Waals surface area contributed by atoms with E-state index in [9.17, 15) is 8.42 Å². The molecule has 1 aliphatic heterocycles. The summed E-state index contributed by atoms with van der Waals surface area (Å²) in [7, 11) is -3.23. The molecule has 132 valence electrons. The zero-order chi connectivity index (χ0) is 17.3. The topological polar surface area (TPSA) is 55.4 Å². The number of ether oxygens (including phenoxy) is 1. The van der Waals surface area contributed by atoms with Gasteiger partial charge in [0.2, 0.25) is 10.0 Å². The highest BCUT2D eigenvalue weighted by atomic mass is 32.2. The van der Waals surface area contributed by atoms with Crippen molar-refractivity contribution in [3.05, 3.63) is 53.6 Å². The van der Waals surface area contributed by atoms with E-state index >= 15 is 0 Å². The van der Waals surface area contributed by atoms with Crippen molar-refractivity contribution in [3.8, 4) is 16.9 Å². The van der Waals surface area contributed by atoms with Crippen molar-refractivity contribution >= 4 is 10.0 Å². The molecule has 0 bridgehead atoms. The predicted molar refractivity (Wildman–Crippen MR) is 98.8 cm³/mol. The van der Waals surface area contributed by atoms with E-state index in [0.717, 1.165) is 40.8 Å². The smallest absolute Gasteiger partial charge is 0.216 e. The van der Waals surface area contributed by atoms with Gasteiger partial charge in [0.05, 0.1) is 11.9 Å². The van der Waals surface area contributed by atoms with Crippen LogP contribution in [0.1, 0.15) is 43.2 Å². The lowest BCUT2D eigenvalue weighted by Gasteiger charge is -2.23. The molecule has 1 heterocycles. The molecule has 25 heavy (non-hydrogen) atoms. The van der Waals surface area contributed by atoms with Crippen molar-refractivity contribution in [2.24, 2.45) is 0 Å². The van der Waals surface area contributed by atoms with Gasteiger partial charge < -0.3 is 4.74 Å². The van der Waals surface area contributed by atoms with Gasteiger partial charge in [0.1, 0.15) is 5.75 Å². The summed E-state index contributed by atoms with van der Waals surface area (Å²) in [4.78, 5) is 0. The summed E-state index contributed by atoms with van der Waals surface area (Å²) >= 11 is 0. The minimum Gasteiger partial charge on any atom is -0.490 e. The third-order valence-electron chi connectivity index (χ3n) is 5.11. The van der Waals surface area contributed by atoms with Crippen LogP contribution in [-0.4, -0.2) is 14.5 Å². The molecule has 1 fully saturated rings. The molecular weight excluding hydrogens is 334 g/mol. The molecule has 2 aliphatic rings. The van der Waals surface area contributed by atoms with Gasteiger partial charge in [0.25, 0.3) is 0 Å². The first kappa shape index (κ1) is 16.6. The van der Waals surface area contributed by atoms with Gasteiger partial charge in [0, 0.05) is 6.54 Å². The molecule has 2 aromatic carbocycles. The van der Waals surface area contributed by atoms with Crippen LogP contribution in [0, 0.1) is 0 Å². The minimum atomic E-state index is -3.23. The lowest BCUT2D eigenvalue weighted by molar-refractivity contribution is 0.155. The standard InChI is InChI=1S/C20H23NO3S/c22-25(23)14-20-16(13-21-25)5-4-8-19(20)15-9-11-18(12-10-15)24-17-6-2-1-3-7-17/h4-5,8-12,17,21H,1-3,6-7,13-14H2. The summed E-state index contributed by atoms with van der Waals surface area (Å²) in [6.07, 6.45) is 6.43. The normalized spacial score (nSPS) is 20.0. The van der Waals surface area contributed by atoms with Crippen LogP contribution < -0.4 is 9.46 Å². The van der Waals surface area contributed by atoms with E-state index in [1.54, 1.807) is 0 Å². The van der Waals surface area contributed by atoms with Crippen LogP contribution in [0.3, 0.4) is 0 Å². The Labute approximate surface area is 149 Å². The maximum Gasteiger partial charge on any atom is 0.216 e. The fourth-order valence-corrected chi connectivity index (χ4v) is 4.96. The Balaban J connectivity index is 1.58. The Morgan fingerprint density at radius 2 is 1.72 bits per heavy atom. The number of nitrogens with one attached hydrogen (secondary N) is 1. The largest absolute Gasteiger partial charge is 0.490 e. The molecule has 2 aromatic rings. The predicted octanol–water partition coefficient (Wildman–Crippen LogP) is 4.00. The maximum atomic E-state index is 11.9. The summed E-state index contributed by atoms with van der Waals surface area (Å²) in [5.41, 5.74) is 3.98. The Kier molecular flexibility index (Phi) is 4.52. The molecular formula is C20H23NO3S. The second-order valence-electron chi connectivity index (χ2n) is 6.93. The quantitative estimate of drug-likeness (QED) is 0.903. The molecule has 1 N–H and O–H groups in total. The third kappa shape index (κ3) is 3.72. The Morgan fingerprint density at radius 3 is 2.48 bits per heavy atom. The van der Waals surface area contributed by atoms with E-state index in [1.807, 2.05) is 42.5 Å². The van der Waals surface area contributed by atoms with E-state index in [2.05, 4.69) is 4.72 Å². The zero-order valence-electron chi connectivity index (χ0n) is 14.2. The van der Waals surface area contributed by atoms with E-state index in [-0.39, 0.29) is 5.75 Å². The number of benzene rings is 2. The van der Waals surface area contributed by atoms with Crippen LogP contribution in [0.5, 0.6) is 5.75 Å². The zero-order valence-corrected chi connectivity index (χ0v) is 15.0. The van der Waals surface area contributed by atoms with Crippen molar-refractivity contribution < 1.29 is 13.2 Å². The van der Waals surface area contributed by atoms with Crippen LogP contribution in [0.15, 0.2) is 42.5 Å². The summed E-state index contributed by atoms with van der Waals surface area (Å²) in [6, 6.07) is 14.0. The van der Waals surface area contributed by atoms with Gasteiger partial charge in [0.15, 0.2) is 0 Å². The molecule has 1 aliphatic carbocycles. The average Bonchev–Trinajstić information content (AvgIpc) is 2.62. The molecule has 4 nitrogen and oxygen atoms in total. The average molecular weight is 357 g/mol. The van der Waals surface area contributed by atoms with Crippen molar-refractivity contribution in [2.45, 2.75) is 50.5 Å². The van der Waals surface area contributed by atoms with E-state index < -0.39 is 10.0 Å². The summed E-state index contributed by atoms with van der Waals surface area (Å²) < 4.78 is 32.6. The lowest BCUT2D eigenvalue weighted by atomic mass is 9.96. The number of hydrogen-bond donors (Lipinski definition) is 1. The highest BCUT2D eigenvalue weighted by molar-refractivity contribution is 7.88. The number of hydrogen-bond acceptors (Lipinski definition) is 3. The third-order valence-corrected chi connectivity index (χ3v) is 6.36. The van der Waals surface area contributed by atoms with Gasteiger partial charge in [-0.2, -0.15) is 0 Å². The second kappa shape index (κ2) is 6.81.